The lowest BCUT2D eigenvalue weighted by Crippen LogP contribution is -2.41. The number of rotatable bonds is 5. The second kappa shape index (κ2) is 5.71. The molecule has 1 atom stereocenters. The number of hydrogen-bond donors (Lipinski definition) is 1. The van der Waals surface area contributed by atoms with Gasteiger partial charge in [-0.15, -0.1) is 0 Å². The highest BCUT2D eigenvalue weighted by atomic mass is 32.2. The summed E-state index contributed by atoms with van der Waals surface area (Å²) in [6.07, 6.45) is 3.62. The summed E-state index contributed by atoms with van der Waals surface area (Å²) in [6.45, 7) is 4.59. The van der Waals surface area contributed by atoms with Crippen LogP contribution < -0.4 is 5.73 Å². The third kappa shape index (κ3) is 2.82. The Morgan fingerprint density at radius 3 is 2.80 bits per heavy atom. The Kier molecular flexibility index (Phi) is 4.36. The summed E-state index contributed by atoms with van der Waals surface area (Å²) < 4.78 is 27.9. The van der Waals surface area contributed by atoms with Gasteiger partial charge in [-0.05, 0) is 25.9 Å². The van der Waals surface area contributed by atoms with Gasteiger partial charge in [-0.3, -0.25) is 9.58 Å². The fraction of sp³-hybridized carbons (Fsp3) is 0.750. The molecule has 0 radical (unpaired) electrons. The van der Waals surface area contributed by atoms with Gasteiger partial charge in [0.1, 0.15) is 4.90 Å². The Bertz CT molecular complexity index is 568. The van der Waals surface area contributed by atoms with Crippen molar-refractivity contribution in [3.8, 4) is 0 Å². The van der Waals surface area contributed by atoms with Crippen LogP contribution in [0.25, 0.3) is 0 Å². The van der Waals surface area contributed by atoms with E-state index in [0.717, 1.165) is 25.9 Å². The second-order valence-corrected chi connectivity index (χ2v) is 7.28. The van der Waals surface area contributed by atoms with E-state index in [1.165, 1.54) is 15.2 Å². The quantitative estimate of drug-likeness (QED) is 0.834. The van der Waals surface area contributed by atoms with Crippen molar-refractivity contribution in [3.05, 3.63) is 6.20 Å². The van der Waals surface area contributed by atoms with Gasteiger partial charge in [-0.1, -0.05) is 6.92 Å². The van der Waals surface area contributed by atoms with Crippen LogP contribution in [0.4, 0.5) is 5.82 Å². The average molecular weight is 301 g/mol. The molecule has 1 aliphatic heterocycles. The molecule has 0 spiro atoms. The molecule has 7 nitrogen and oxygen atoms in total. The molecule has 1 aliphatic rings. The molecule has 2 heterocycles. The second-order valence-electron chi connectivity index (χ2n) is 5.26. The molecule has 1 unspecified atom stereocenters. The van der Waals surface area contributed by atoms with E-state index < -0.39 is 10.0 Å². The molecule has 8 heteroatoms. The molecule has 1 aromatic rings. The topological polar surface area (TPSA) is 84.5 Å². The minimum atomic E-state index is -3.57. The Hall–Kier alpha value is -1.12. The van der Waals surface area contributed by atoms with Crippen LogP contribution in [0.5, 0.6) is 0 Å². The van der Waals surface area contributed by atoms with Crippen molar-refractivity contribution in [3.63, 3.8) is 0 Å². The van der Waals surface area contributed by atoms with Crippen molar-refractivity contribution < 1.29 is 8.42 Å². The number of nitrogens with zero attached hydrogens (tertiary/aromatic N) is 4. The Balaban J connectivity index is 2.15. The predicted octanol–water partition coefficient (Wildman–Crippen LogP) is 0.107. The van der Waals surface area contributed by atoms with Crippen molar-refractivity contribution in [2.24, 2.45) is 7.05 Å². The number of likely N-dealkylation sites (tertiary alicyclic amines) is 1. The minimum Gasteiger partial charge on any atom is -0.381 e. The van der Waals surface area contributed by atoms with Crippen molar-refractivity contribution in [2.75, 3.05) is 32.4 Å². The number of hydrogen-bond acceptors (Lipinski definition) is 5. The number of nitrogen functional groups attached to an aromatic ring is 1. The van der Waals surface area contributed by atoms with Crippen molar-refractivity contribution in [1.29, 1.82) is 0 Å². The normalized spacial score (nSPS) is 20.9. The largest absolute Gasteiger partial charge is 0.381 e. The molecular weight excluding hydrogens is 278 g/mol. The van der Waals surface area contributed by atoms with Gasteiger partial charge in [0.05, 0.1) is 0 Å². The van der Waals surface area contributed by atoms with Gasteiger partial charge in [0.15, 0.2) is 5.82 Å². The molecule has 0 aromatic carbocycles. The first-order valence-corrected chi connectivity index (χ1v) is 8.29. The maximum Gasteiger partial charge on any atom is 0.248 e. The van der Waals surface area contributed by atoms with E-state index in [0.29, 0.717) is 6.54 Å². The molecule has 0 amide bonds. The highest BCUT2D eigenvalue weighted by Gasteiger charge is 2.31. The number of aromatic nitrogens is 2. The van der Waals surface area contributed by atoms with Crippen LogP contribution in [-0.4, -0.2) is 60.1 Å². The highest BCUT2D eigenvalue weighted by Crippen LogP contribution is 2.23. The van der Waals surface area contributed by atoms with Crippen LogP contribution in [0.15, 0.2) is 11.1 Å². The van der Waals surface area contributed by atoms with Crippen LogP contribution in [0.2, 0.25) is 0 Å². The zero-order chi connectivity index (χ0) is 14.9. The highest BCUT2D eigenvalue weighted by molar-refractivity contribution is 7.89. The van der Waals surface area contributed by atoms with Crippen molar-refractivity contribution in [2.45, 2.75) is 30.7 Å². The number of anilines is 1. The zero-order valence-electron chi connectivity index (χ0n) is 12.3. The van der Waals surface area contributed by atoms with E-state index in [9.17, 15) is 8.42 Å². The van der Waals surface area contributed by atoms with E-state index in [1.54, 1.807) is 14.1 Å². The Morgan fingerprint density at radius 2 is 2.25 bits per heavy atom. The van der Waals surface area contributed by atoms with Crippen LogP contribution in [-0.2, 0) is 17.1 Å². The fourth-order valence-electron chi connectivity index (χ4n) is 2.76. The number of nitrogens with two attached hydrogens (primary N) is 1. The van der Waals surface area contributed by atoms with E-state index >= 15 is 0 Å². The van der Waals surface area contributed by atoms with Crippen molar-refractivity contribution in [1.82, 2.24) is 19.0 Å². The first-order valence-electron chi connectivity index (χ1n) is 6.85. The SMILES string of the molecule is CCN1CCCC1CN(C)S(=O)(=O)c1cn(C)nc1N. The van der Waals surface area contributed by atoms with Crippen LogP contribution in [0.3, 0.4) is 0 Å². The van der Waals surface area contributed by atoms with Gasteiger partial charge in [0.25, 0.3) is 0 Å². The predicted molar refractivity (Wildman–Crippen MR) is 77.7 cm³/mol. The summed E-state index contributed by atoms with van der Waals surface area (Å²) in [5.41, 5.74) is 5.68. The van der Waals surface area contributed by atoms with Gasteiger partial charge in [0.2, 0.25) is 10.0 Å². The zero-order valence-corrected chi connectivity index (χ0v) is 13.1. The maximum atomic E-state index is 12.5. The van der Waals surface area contributed by atoms with Crippen LogP contribution >= 0.6 is 0 Å². The van der Waals surface area contributed by atoms with Crippen molar-refractivity contribution >= 4 is 15.8 Å². The molecule has 114 valence electrons. The number of sulfonamides is 1. The molecular formula is C12H23N5O2S. The van der Waals surface area contributed by atoms with Gasteiger partial charge in [-0.2, -0.15) is 9.40 Å². The van der Waals surface area contributed by atoms with Crippen LogP contribution in [0, 0.1) is 0 Å². The summed E-state index contributed by atoms with van der Waals surface area (Å²) in [7, 11) is -0.307. The van der Waals surface area contributed by atoms with E-state index in [4.69, 9.17) is 5.73 Å². The van der Waals surface area contributed by atoms with Crippen LogP contribution in [0.1, 0.15) is 19.8 Å². The molecule has 0 aliphatic carbocycles. The standard InChI is InChI=1S/C12H23N5O2S/c1-4-17-7-5-6-10(17)8-16(3)20(18,19)11-9-15(2)14-12(11)13/h9-10H,4-8H2,1-3H3,(H2,13,14). The Labute approximate surface area is 120 Å². The smallest absolute Gasteiger partial charge is 0.248 e. The molecule has 2 N–H and O–H groups in total. The third-order valence-corrected chi connectivity index (χ3v) is 5.72. The summed E-state index contributed by atoms with van der Waals surface area (Å²) in [6, 6.07) is 0.290. The maximum absolute atomic E-state index is 12.5. The lowest BCUT2D eigenvalue weighted by atomic mass is 10.2. The summed E-state index contributed by atoms with van der Waals surface area (Å²) in [4.78, 5) is 2.40. The van der Waals surface area contributed by atoms with Gasteiger partial charge >= 0.3 is 0 Å². The number of aryl methyl sites for hydroxylation is 1. The molecule has 2 rings (SSSR count). The molecule has 1 saturated heterocycles. The Morgan fingerprint density at radius 1 is 1.55 bits per heavy atom. The fourth-order valence-corrected chi connectivity index (χ4v) is 4.06. The van der Waals surface area contributed by atoms with E-state index in [-0.39, 0.29) is 16.8 Å². The lowest BCUT2D eigenvalue weighted by Gasteiger charge is -2.27. The lowest BCUT2D eigenvalue weighted by molar-refractivity contribution is 0.238. The molecule has 1 aromatic heterocycles. The monoisotopic (exact) mass is 301 g/mol. The first-order chi connectivity index (χ1) is 9.36. The number of likely N-dealkylation sites (N-methyl/N-ethyl adjacent to an activating group) is 2. The molecule has 0 saturated carbocycles. The van der Waals surface area contributed by atoms with Gasteiger partial charge < -0.3 is 5.73 Å². The average Bonchev–Trinajstić information content (AvgIpc) is 2.95. The van der Waals surface area contributed by atoms with E-state index in [2.05, 4.69) is 16.9 Å². The molecule has 0 bridgehead atoms. The summed E-state index contributed by atoms with van der Waals surface area (Å²) in [5, 5.41) is 3.90. The minimum absolute atomic E-state index is 0.0538. The van der Waals surface area contributed by atoms with Gasteiger partial charge in [-0.25, -0.2) is 8.42 Å². The first kappa shape index (κ1) is 15.3. The van der Waals surface area contributed by atoms with E-state index in [1.807, 2.05) is 0 Å². The summed E-state index contributed by atoms with van der Waals surface area (Å²) >= 11 is 0. The molecule has 20 heavy (non-hydrogen) atoms. The summed E-state index contributed by atoms with van der Waals surface area (Å²) in [5.74, 6) is 0.0538. The third-order valence-electron chi connectivity index (χ3n) is 3.88. The molecule has 1 fully saturated rings. The van der Waals surface area contributed by atoms with Gasteiger partial charge in [0, 0.05) is 32.9 Å².